The fourth-order valence-electron chi connectivity index (χ4n) is 8.71. The summed E-state index contributed by atoms with van der Waals surface area (Å²) in [6.45, 7) is 15.2. The number of aliphatic hydroxyl groups excluding tert-OH is 2. The van der Waals surface area contributed by atoms with E-state index in [2.05, 4.69) is 79.7 Å². The number of aliphatic hydroxyl groups is 2. The van der Waals surface area contributed by atoms with Gasteiger partial charge in [0.15, 0.2) is 6.29 Å². The van der Waals surface area contributed by atoms with Crippen LogP contribution in [0.5, 0.6) is 5.75 Å². The summed E-state index contributed by atoms with van der Waals surface area (Å²) in [5, 5.41) is 24.0. The molecule has 2 N–H and O–H groups in total. The number of ether oxygens (including phenoxy) is 3. The summed E-state index contributed by atoms with van der Waals surface area (Å²) in [6.07, 6.45) is 10.4. The fraction of sp³-hybridized carbons (Fsp3) is 0.643. The van der Waals surface area contributed by atoms with E-state index in [0.29, 0.717) is 42.0 Å². The van der Waals surface area contributed by atoms with Crippen molar-refractivity contribution in [2.24, 2.45) is 29.1 Å². The first-order chi connectivity index (χ1) is 24.6. The maximum atomic E-state index is 13.4. The first-order valence-corrected chi connectivity index (χ1v) is 19.3. The highest BCUT2D eigenvalue weighted by molar-refractivity contribution is 5.87. The van der Waals surface area contributed by atoms with Crippen molar-refractivity contribution >= 4 is 5.78 Å². The normalized spacial score (nSPS) is 23.5. The second-order valence-corrected chi connectivity index (χ2v) is 15.0. The van der Waals surface area contributed by atoms with E-state index >= 15 is 0 Å². The number of rotatable bonds is 14. The molecule has 2 saturated carbocycles. The molecule has 5 atom stereocenters. The Morgan fingerprint density at radius 3 is 2.39 bits per heavy atom. The number of aryl methyl sites for hydroxylation is 2. The Bertz CT molecular complexity index is 1450. The maximum Gasteiger partial charge on any atom is 0.154 e. The van der Waals surface area contributed by atoms with Gasteiger partial charge in [-0.25, -0.2) is 0 Å². The smallest absolute Gasteiger partial charge is 0.154 e. The molecular weight excluding hydrogens is 642 g/mol. The summed E-state index contributed by atoms with van der Waals surface area (Å²) in [5.74, 6) is 4.24. The summed E-state index contributed by atoms with van der Waals surface area (Å²) in [6, 6.07) is 17.2. The number of carbonyl (C=O) groups excluding carboxylic acids is 1. The van der Waals surface area contributed by atoms with Crippen molar-refractivity contribution in [1.29, 1.82) is 0 Å². The third kappa shape index (κ3) is 11.2. The summed E-state index contributed by atoms with van der Waals surface area (Å²) in [7, 11) is 0. The van der Waals surface area contributed by atoms with Gasteiger partial charge in [-0.3, -0.25) is 9.48 Å². The fourth-order valence-corrected chi connectivity index (χ4v) is 8.71. The molecule has 0 spiro atoms. The first-order valence-electron chi connectivity index (χ1n) is 19.3. The number of benzene rings is 2. The second-order valence-electron chi connectivity index (χ2n) is 15.0. The van der Waals surface area contributed by atoms with Crippen molar-refractivity contribution < 1.29 is 29.2 Å². The van der Waals surface area contributed by atoms with Crippen LogP contribution in [0.1, 0.15) is 108 Å². The highest BCUT2D eigenvalue weighted by Gasteiger charge is 2.58. The quantitative estimate of drug-likeness (QED) is 0.165. The Balaban J connectivity index is 0.000000420. The van der Waals surface area contributed by atoms with Crippen LogP contribution in [0.4, 0.5) is 0 Å². The van der Waals surface area contributed by atoms with Gasteiger partial charge in [0, 0.05) is 37.8 Å². The van der Waals surface area contributed by atoms with Gasteiger partial charge in [0.1, 0.15) is 18.1 Å². The van der Waals surface area contributed by atoms with E-state index in [1.807, 2.05) is 31.5 Å². The van der Waals surface area contributed by atoms with E-state index in [-0.39, 0.29) is 24.9 Å². The molecule has 6 rings (SSSR count). The Kier molecular flexibility index (Phi) is 16.1. The third-order valence-electron chi connectivity index (χ3n) is 10.9. The molecule has 1 aromatic heterocycles. The van der Waals surface area contributed by atoms with Crippen molar-refractivity contribution in [2.75, 3.05) is 26.4 Å². The van der Waals surface area contributed by atoms with Gasteiger partial charge >= 0.3 is 0 Å². The van der Waals surface area contributed by atoms with Crippen molar-refractivity contribution in [1.82, 2.24) is 15.0 Å². The predicted octanol–water partition coefficient (Wildman–Crippen LogP) is 7.56. The van der Waals surface area contributed by atoms with Gasteiger partial charge in [-0.05, 0) is 124 Å². The van der Waals surface area contributed by atoms with Crippen LogP contribution < -0.4 is 4.74 Å². The van der Waals surface area contributed by atoms with Crippen LogP contribution in [0.3, 0.4) is 0 Å². The van der Waals surface area contributed by atoms with Crippen molar-refractivity contribution in [3.63, 3.8) is 0 Å². The van der Waals surface area contributed by atoms with Gasteiger partial charge in [-0.15, -0.1) is 5.10 Å². The second kappa shape index (κ2) is 20.2. The van der Waals surface area contributed by atoms with Gasteiger partial charge in [0.05, 0.1) is 18.9 Å². The van der Waals surface area contributed by atoms with E-state index in [1.165, 1.54) is 23.1 Å². The minimum Gasteiger partial charge on any atom is -0.489 e. The van der Waals surface area contributed by atoms with Crippen LogP contribution in [-0.2, 0) is 40.3 Å². The Morgan fingerprint density at radius 1 is 1.00 bits per heavy atom. The zero-order chi connectivity index (χ0) is 36.8. The van der Waals surface area contributed by atoms with E-state index in [0.717, 1.165) is 76.1 Å². The zero-order valence-electron chi connectivity index (χ0n) is 31.9. The standard InChI is InChI=1S/C34H43N3O2.C6H14O2.C2H6O2/c1-23(2)18-27-21-37(36-35-27)17-7-10-26-20-32(38)34(3)16-15-30-29-14-12-28(39-22-24-8-5-4-6-9-24)19-25(29)11-13-31(30)33(26)34;1-4-7-6(3)8-5-2;3-1-2-4/h4-6,8-9,12,14,19,21,23,26,30-31,33H,7,10-11,13,15-18,20,22H2,1-3H3;6H,4-5H2,1-3H3;3-4H,1-2H2. The molecule has 0 amide bonds. The van der Waals surface area contributed by atoms with Crippen LogP contribution in [0.2, 0.25) is 0 Å². The largest absolute Gasteiger partial charge is 0.489 e. The summed E-state index contributed by atoms with van der Waals surface area (Å²) < 4.78 is 18.3. The molecule has 0 bridgehead atoms. The molecule has 2 aromatic carbocycles. The highest BCUT2D eigenvalue weighted by atomic mass is 16.7. The van der Waals surface area contributed by atoms with E-state index in [4.69, 9.17) is 24.4 Å². The number of carbonyl (C=O) groups is 1. The monoisotopic (exact) mass is 705 g/mol. The molecule has 0 aliphatic heterocycles. The summed E-state index contributed by atoms with van der Waals surface area (Å²) >= 11 is 0. The molecule has 51 heavy (non-hydrogen) atoms. The molecule has 0 saturated heterocycles. The van der Waals surface area contributed by atoms with Gasteiger partial charge in [-0.2, -0.15) is 0 Å². The van der Waals surface area contributed by atoms with Gasteiger partial charge in [0.25, 0.3) is 0 Å². The molecule has 5 unspecified atom stereocenters. The van der Waals surface area contributed by atoms with Crippen LogP contribution in [0, 0.1) is 29.1 Å². The van der Waals surface area contributed by atoms with Gasteiger partial charge < -0.3 is 24.4 Å². The van der Waals surface area contributed by atoms with Crippen LogP contribution >= 0.6 is 0 Å². The van der Waals surface area contributed by atoms with Crippen molar-refractivity contribution in [3.05, 3.63) is 77.1 Å². The number of ketones is 1. The molecule has 9 nitrogen and oxygen atoms in total. The summed E-state index contributed by atoms with van der Waals surface area (Å²) in [4.78, 5) is 13.4. The average Bonchev–Trinajstić information content (AvgIpc) is 3.67. The predicted molar refractivity (Wildman–Crippen MR) is 200 cm³/mol. The molecule has 3 aliphatic carbocycles. The van der Waals surface area contributed by atoms with E-state index < -0.39 is 0 Å². The highest BCUT2D eigenvalue weighted by Crippen LogP contribution is 2.62. The zero-order valence-corrected chi connectivity index (χ0v) is 31.9. The van der Waals surface area contributed by atoms with Crippen molar-refractivity contribution in [2.45, 2.75) is 118 Å². The number of hydrogen-bond donors (Lipinski definition) is 2. The lowest BCUT2D eigenvalue weighted by Crippen LogP contribution is -2.44. The SMILES string of the molecule is CC(C)Cc1cn(CCCC2CC(=O)C3(C)CCC4c5ccc(OCc6ccccc6)cc5CCC4C23)nn1.CCOC(C)OCC.OCCO. The molecule has 3 aromatic rings. The minimum atomic E-state index is -0.139. The molecule has 9 heteroatoms. The maximum absolute atomic E-state index is 13.4. The first kappa shape index (κ1) is 40.7. The molecule has 282 valence electrons. The van der Waals surface area contributed by atoms with Crippen LogP contribution in [-0.4, -0.2) is 63.7 Å². The third-order valence-corrected chi connectivity index (χ3v) is 10.9. The lowest BCUT2D eigenvalue weighted by Gasteiger charge is -2.50. The number of Topliss-reactive ketones (excluding diaryl/α,β-unsaturated/α-hetero) is 1. The Morgan fingerprint density at radius 2 is 1.73 bits per heavy atom. The topological polar surface area (TPSA) is 116 Å². The van der Waals surface area contributed by atoms with E-state index in [1.54, 1.807) is 0 Å². The van der Waals surface area contributed by atoms with E-state index in [9.17, 15) is 4.79 Å². The minimum absolute atomic E-state index is 0.0370. The van der Waals surface area contributed by atoms with Gasteiger partial charge in [-0.1, -0.05) is 62.4 Å². The molecular formula is C42H63N3O6. The number of aromatic nitrogens is 3. The summed E-state index contributed by atoms with van der Waals surface area (Å²) in [5.41, 5.74) is 5.10. The molecule has 0 radical (unpaired) electrons. The number of fused-ring (bicyclic) bond motifs is 5. The number of nitrogens with zero attached hydrogens (tertiary/aromatic N) is 3. The number of hydrogen-bond acceptors (Lipinski definition) is 8. The Labute approximate surface area is 306 Å². The van der Waals surface area contributed by atoms with Crippen LogP contribution in [0.25, 0.3) is 0 Å². The lowest BCUT2D eigenvalue weighted by molar-refractivity contribution is -0.129. The molecule has 3 aliphatic rings. The average molecular weight is 706 g/mol. The molecule has 1 heterocycles. The molecule has 2 fully saturated rings. The Hall–Kier alpha value is -3.11. The van der Waals surface area contributed by atoms with Gasteiger partial charge in [0.2, 0.25) is 0 Å². The van der Waals surface area contributed by atoms with Crippen molar-refractivity contribution in [3.8, 4) is 5.75 Å². The van der Waals surface area contributed by atoms with Crippen LogP contribution in [0.15, 0.2) is 54.7 Å². The lowest BCUT2D eigenvalue weighted by atomic mass is 9.54.